The largest absolute Gasteiger partial charge is 0.423 e. The molecule has 0 aliphatic heterocycles. The van der Waals surface area contributed by atoms with Crippen LogP contribution in [-0.4, -0.2) is 4.98 Å². The molecule has 0 aliphatic rings. The molecule has 0 amide bonds. The topological polar surface area (TPSA) is 64.1 Å². The van der Waals surface area contributed by atoms with Crippen molar-refractivity contribution < 1.29 is 4.42 Å². The quantitative estimate of drug-likeness (QED) is 0.674. The number of nitrogen functional groups attached to an aromatic ring is 1. The van der Waals surface area contributed by atoms with Gasteiger partial charge < -0.3 is 15.5 Å². The summed E-state index contributed by atoms with van der Waals surface area (Å²) in [5.41, 5.74) is 8.66. The molecular weight excluding hydrogens is 309 g/mol. The highest BCUT2D eigenvalue weighted by atomic mass is 35.5. The molecule has 1 aromatic heterocycles. The minimum Gasteiger partial charge on any atom is -0.423 e. The highest BCUT2D eigenvalue weighted by molar-refractivity contribution is 6.35. The zero-order valence-electron chi connectivity index (χ0n) is 11.2. The van der Waals surface area contributed by atoms with Gasteiger partial charge in [0.05, 0.1) is 11.7 Å². The van der Waals surface area contributed by atoms with Crippen LogP contribution in [0.1, 0.15) is 18.5 Å². The van der Waals surface area contributed by atoms with Gasteiger partial charge in [-0.05, 0) is 36.8 Å². The van der Waals surface area contributed by atoms with E-state index in [1.165, 1.54) is 0 Å². The Labute approximate surface area is 131 Å². The van der Waals surface area contributed by atoms with Gasteiger partial charge in [-0.2, -0.15) is 4.98 Å². The van der Waals surface area contributed by atoms with E-state index in [0.717, 1.165) is 5.56 Å². The average Bonchev–Trinajstić information content (AvgIpc) is 2.82. The predicted octanol–water partition coefficient (Wildman–Crippen LogP) is 4.89. The SMILES string of the molecule is CC(Nc1nc2c(N)cccc2o1)c1ccc(Cl)cc1Cl. The van der Waals surface area contributed by atoms with Crippen molar-refractivity contribution in [1.82, 2.24) is 4.98 Å². The lowest BCUT2D eigenvalue weighted by atomic mass is 10.1. The van der Waals surface area contributed by atoms with E-state index in [-0.39, 0.29) is 6.04 Å². The van der Waals surface area contributed by atoms with Gasteiger partial charge in [-0.3, -0.25) is 0 Å². The number of nitrogens with one attached hydrogen (secondary N) is 1. The maximum atomic E-state index is 6.20. The van der Waals surface area contributed by atoms with E-state index in [1.54, 1.807) is 18.2 Å². The lowest BCUT2D eigenvalue weighted by Crippen LogP contribution is -2.07. The second-order valence-corrected chi connectivity index (χ2v) is 5.59. The van der Waals surface area contributed by atoms with Crippen LogP contribution in [0.3, 0.4) is 0 Å². The van der Waals surface area contributed by atoms with Crippen LogP contribution >= 0.6 is 23.2 Å². The Hall–Kier alpha value is -1.91. The van der Waals surface area contributed by atoms with Gasteiger partial charge in [0.15, 0.2) is 5.58 Å². The number of halogens is 2. The third-order valence-electron chi connectivity index (χ3n) is 3.22. The Morgan fingerprint density at radius 2 is 2.05 bits per heavy atom. The number of hydrogen-bond donors (Lipinski definition) is 2. The van der Waals surface area contributed by atoms with Crippen molar-refractivity contribution in [3.8, 4) is 0 Å². The summed E-state index contributed by atoms with van der Waals surface area (Å²) in [5.74, 6) is 0. The van der Waals surface area contributed by atoms with E-state index in [4.69, 9.17) is 33.4 Å². The molecule has 2 aromatic carbocycles. The third-order valence-corrected chi connectivity index (χ3v) is 3.78. The highest BCUT2D eigenvalue weighted by Crippen LogP contribution is 2.30. The monoisotopic (exact) mass is 321 g/mol. The fraction of sp³-hybridized carbons (Fsp3) is 0.133. The summed E-state index contributed by atoms with van der Waals surface area (Å²) in [7, 11) is 0. The molecule has 108 valence electrons. The summed E-state index contributed by atoms with van der Waals surface area (Å²) in [6.45, 7) is 1.97. The summed E-state index contributed by atoms with van der Waals surface area (Å²) in [4.78, 5) is 4.35. The minimum atomic E-state index is -0.0796. The Morgan fingerprint density at radius 1 is 1.24 bits per heavy atom. The smallest absolute Gasteiger partial charge is 0.296 e. The van der Waals surface area contributed by atoms with Crippen LogP contribution in [0.5, 0.6) is 0 Å². The first kappa shape index (κ1) is 14.0. The average molecular weight is 322 g/mol. The molecule has 0 radical (unpaired) electrons. The highest BCUT2D eigenvalue weighted by Gasteiger charge is 2.14. The molecule has 3 aromatic rings. The van der Waals surface area contributed by atoms with Crippen LogP contribution in [0.15, 0.2) is 40.8 Å². The van der Waals surface area contributed by atoms with Crippen molar-refractivity contribution in [3.63, 3.8) is 0 Å². The van der Waals surface area contributed by atoms with Crippen molar-refractivity contribution in [2.45, 2.75) is 13.0 Å². The normalized spacial score (nSPS) is 12.5. The van der Waals surface area contributed by atoms with Crippen molar-refractivity contribution in [2.24, 2.45) is 0 Å². The van der Waals surface area contributed by atoms with Crippen LogP contribution in [0.2, 0.25) is 10.0 Å². The Balaban J connectivity index is 1.89. The minimum absolute atomic E-state index is 0.0796. The van der Waals surface area contributed by atoms with Gasteiger partial charge in [0.1, 0.15) is 5.52 Å². The molecule has 0 bridgehead atoms. The molecule has 1 unspecified atom stereocenters. The van der Waals surface area contributed by atoms with E-state index in [9.17, 15) is 0 Å². The maximum Gasteiger partial charge on any atom is 0.296 e. The van der Waals surface area contributed by atoms with Crippen molar-refractivity contribution in [3.05, 3.63) is 52.0 Å². The third kappa shape index (κ3) is 2.77. The first-order valence-electron chi connectivity index (χ1n) is 6.41. The predicted molar refractivity (Wildman–Crippen MR) is 86.9 cm³/mol. The molecule has 0 aliphatic carbocycles. The molecule has 4 nitrogen and oxygen atoms in total. The second kappa shape index (κ2) is 5.47. The summed E-state index contributed by atoms with van der Waals surface area (Å²) in [6.07, 6.45) is 0. The molecule has 6 heteroatoms. The van der Waals surface area contributed by atoms with E-state index in [1.807, 2.05) is 25.1 Å². The molecule has 21 heavy (non-hydrogen) atoms. The number of hydrogen-bond acceptors (Lipinski definition) is 4. The van der Waals surface area contributed by atoms with Crippen LogP contribution < -0.4 is 11.1 Å². The van der Waals surface area contributed by atoms with Gasteiger partial charge in [-0.15, -0.1) is 0 Å². The number of nitrogens with zero attached hydrogens (tertiary/aromatic N) is 1. The van der Waals surface area contributed by atoms with E-state index in [2.05, 4.69) is 10.3 Å². The fourth-order valence-corrected chi connectivity index (χ4v) is 2.72. The van der Waals surface area contributed by atoms with E-state index >= 15 is 0 Å². The van der Waals surface area contributed by atoms with E-state index < -0.39 is 0 Å². The van der Waals surface area contributed by atoms with Crippen LogP contribution in [0.25, 0.3) is 11.1 Å². The lowest BCUT2D eigenvalue weighted by Gasteiger charge is -2.14. The Kier molecular flexibility index (Phi) is 3.66. The summed E-state index contributed by atoms with van der Waals surface area (Å²) in [6, 6.07) is 11.1. The Bertz CT molecular complexity index is 801. The molecular formula is C15H13Cl2N3O. The maximum absolute atomic E-state index is 6.20. The first-order valence-corrected chi connectivity index (χ1v) is 7.16. The fourth-order valence-electron chi connectivity index (χ4n) is 2.15. The molecule has 0 saturated carbocycles. The first-order chi connectivity index (χ1) is 10.0. The molecule has 0 spiro atoms. The molecule has 3 N–H and O–H groups in total. The van der Waals surface area contributed by atoms with Gasteiger partial charge in [-0.1, -0.05) is 35.3 Å². The van der Waals surface area contributed by atoms with Crippen LogP contribution in [0, 0.1) is 0 Å². The number of anilines is 2. The number of nitrogens with two attached hydrogens (primary N) is 1. The van der Waals surface area contributed by atoms with Gasteiger partial charge in [-0.25, -0.2) is 0 Å². The van der Waals surface area contributed by atoms with Gasteiger partial charge in [0.25, 0.3) is 6.01 Å². The molecule has 1 atom stereocenters. The van der Waals surface area contributed by atoms with Crippen molar-refractivity contribution in [2.75, 3.05) is 11.1 Å². The van der Waals surface area contributed by atoms with Crippen molar-refractivity contribution >= 4 is 46.0 Å². The standard InChI is InChI=1S/C15H13Cl2N3O/c1-8(10-6-5-9(16)7-11(10)17)19-15-20-14-12(18)3-2-4-13(14)21-15/h2-8H,18H2,1H3,(H,19,20). The van der Waals surface area contributed by atoms with Crippen LogP contribution in [-0.2, 0) is 0 Å². The number of aromatic nitrogens is 1. The summed E-state index contributed by atoms with van der Waals surface area (Å²) < 4.78 is 5.63. The van der Waals surface area contributed by atoms with E-state index in [0.29, 0.717) is 32.8 Å². The second-order valence-electron chi connectivity index (χ2n) is 4.74. The summed E-state index contributed by atoms with van der Waals surface area (Å²) >= 11 is 12.1. The zero-order chi connectivity index (χ0) is 15.0. The zero-order valence-corrected chi connectivity index (χ0v) is 12.7. The Morgan fingerprint density at radius 3 is 2.76 bits per heavy atom. The number of para-hydroxylation sites is 1. The molecule has 0 fully saturated rings. The lowest BCUT2D eigenvalue weighted by molar-refractivity contribution is 0.604. The van der Waals surface area contributed by atoms with Crippen LogP contribution in [0.4, 0.5) is 11.7 Å². The molecule has 0 saturated heterocycles. The number of benzene rings is 2. The molecule has 1 heterocycles. The summed E-state index contributed by atoms with van der Waals surface area (Å²) in [5, 5.41) is 4.37. The molecule has 3 rings (SSSR count). The number of fused-ring (bicyclic) bond motifs is 1. The van der Waals surface area contributed by atoms with Gasteiger partial charge in [0, 0.05) is 10.0 Å². The number of rotatable bonds is 3. The number of oxazole rings is 1. The van der Waals surface area contributed by atoms with Crippen molar-refractivity contribution in [1.29, 1.82) is 0 Å². The van der Waals surface area contributed by atoms with Gasteiger partial charge >= 0.3 is 0 Å². The van der Waals surface area contributed by atoms with Gasteiger partial charge in [0.2, 0.25) is 0 Å².